The van der Waals surface area contributed by atoms with E-state index in [1.54, 1.807) is 13.2 Å². The molecule has 2 aromatic carbocycles. The summed E-state index contributed by atoms with van der Waals surface area (Å²) in [6.45, 7) is 11.1. The van der Waals surface area contributed by atoms with Crippen molar-refractivity contribution in [1.29, 1.82) is 0 Å². The van der Waals surface area contributed by atoms with Crippen LogP contribution in [0.25, 0.3) is 17.2 Å². The predicted molar refractivity (Wildman–Crippen MR) is 128 cm³/mol. The van der Waals surface area contributed by atoms with Crippen molar-refractivity contribution in [3.63, 3.8) is 0 Å². The molecule has 0 spiro atoms. The van der Waals surface area contributed by atoms with Gasteiger partial charge < -0.3 is 4.74 Å². The summed E-state index contributed by atoms with van der Waals surface area (Å²) in [4.78, 5) is 23.9. The van der Waals surface area contributed by atoms with E-state index in [2.05, 4.69) is 45.1 Å². The summed E-state index contributed by atoms with van der Waals surface area (Å²) >= 11 is 0.775. The summed E-state index contributed by atoms with van der Waals surface area (Å²) in [5.41, 5.74) is 5.33. The molecule has 1 heterocycles. The SMILES string of the molecule is COc1ccc(F)c(C=C2SC(=O)NC2=O)c1-c1cc2c(cc1C)C(C)(C)CCC2(C)C. The van der Waals surface area contributed by atoms with E-state index in [-0.39, 0.29) is 21.3 Å². The maximum atomic E-state index is 15.1. The van der Waals surface area contributed by atoms with Gasteiger partial charge in [-0.1, -0.05) is 33.8 Å². The molecule has 32 heavy (non-hydrogen) atoms. The van der Waals surface area contributed by atoms with Crippen molar-refractivity contribution in [3.8, 4) is 16.9 Å². The molecule has 4 nitrogen and oxygen atoms in total. The Morgan fingerprint density at radius 1 is 1.06 bits per heavy atom. The number of rotatable bonds is 3. The molecule has 4 rings (SSSR count). The first kappa shape index (κ1) is 22.6. The topological polar surface area (TPSA) is 55.4 Å². The zero-order chi connectivity index (χ0) is 23.4. The number of imide groups is 1. The fourth-order valence-electron chi connectivity index (χ4n) is 4.71. The van der Waals surface area contributed by atoms with Crippen molar-refractivity contribution < 1.29 is 18.7 Å². The Bertz CT molecular complexity index is 1180. The first-order chi connectivity index (χ1) is 14.9. The molecule has 2 aliphatic rings. The molecule has 0 radical (unpaired) electrons. The number of amides is 2. The van der Waals surface area contributed by atoms with Crippen molar-refractivity contribution in [2.45, 2.75) is 58.3 Å². The highest BCUT2D eigenvalue weighted by atomic mass is 32.2. The van der Waals surface area contributed by atoms with Gasteiger partial charge >= 0.3 is 0 Å². The highest BCUT2D eigenvalue weighted by Crippen LogP contribution is 2.49. The van der Waals surface area contributed by atoms with Crippen molar-refractivity contribution >= 4 is 29.0 Å². The van der Waals surface area contributed by atoms with Crippen LogP contribution in [0.5, 0.6) is 5.75 Å². The van der Waals surface area contributed by atoms with Crippen molar-refractivity contribution in [2.75, 3.05) is 7.11 Å². The first-order valence-corrected chi connectivity index (χ1v) is 11.5. The van der Waals surface area contributed by atoms with Crippen LogP contribution in [0.2, 0.25) is 0 Å². The first-order valence-electron chi connectivity index (χ1n) is 10.7. The summed E-state index contributed by atoms with van der Waals surface area (Å²) in [5.74, 6) is -0.472. The number of fused-ring (bicyclic) bond motifs is 1. The number of carbonyl (C=O) groups excluding carboxylic acids is 2. The normalized spacial score (nSPS) is 20.3. The van der Waals surface area contributed by atoms with E-state index in [9.17, 15) is 9.59 Å². The molecule has 168 valence electrons. The molecular weight excluding hydrogens is 425 g/mol. The summed E-state index contributed by atoms with van der Waals surface area (Å²) < 4.78 is 20.8. The number of ether oxygens (including phenoxy) is 1. The van der Waals surface area contributed by atoms with E-state index in [1.165, 1.54) is 23.3 Å². The van der Waals surface area contributed by atoms with E-state index in [0.29, 0.717) is 11.3 Å². The molecular formula is C26H28FNO3S. The highest BCUT2D eigenvalue weighted by Gasteiger charge is 2.38. The van der Waals surface area contributed by atoms with Crippen LogP contribution in [0.4, 0.5) is 9.18 Å². The molecule has 2 amide bonds. The van der Waals surface area contributed by atoms with Crippen LogP contribution in [0.3, 0.4) is 0 Å². The number of hydrogen-bond acceptors (Lipinski definition) is 4. The number of benzene rings is 2. The number of aryl methyl sites for hydroxylation is 1. The Labute approximate surface area is 192 Å². The number of thioether (sulfide) groups is 1. The predicted octanol–water partition coefficient (Wildman–Crippen LogP) is 6.48. The van der Waals surface area contributed by atoms with Gasteiger partial charge in [0.25, 0.3) is 11.1 Å². The lowest BCUT2D eigenvalue weighted by Gasteiger charge is -2.42. The molecule has 0 bridgehead atoms. The minimum atomic E-state index is -0.516. The molecule has 0 unspecified atom stereocenters. The van der Waals surface area contributed by atoms with Crippen LogP contribution < -0.4 is 10.1 Å². The van der Waals surface area contributed by atoms with Gasteiger partial charge in [-0.15, -0.1) is 0 Å². The van der Waals surface area contributed by atoms with Crippen LogP contribution in [0, 0.1) is 12.7 Å². The van der Waals surface area contributed by atoms with E-state index in [4.69, 9.17) is 4.74 Å². The van der Waals surface area contributed by atoms with Crippen molar-refractivity contribution in [2.24, 2.45) is 0 Å². The quantitative estimate of drug-likeness (QED) is 0.540. The smallest absolute Gasteiger partial charge is 0.290 e. The molecule has 0 aromatic heterocycles. The molecule has 2 aromatic rings. The van der Waals surface area contributed by atoms with Gasteiger partial charge in [0.1, 0.15) is 11.6 Å². The molecule has 1 aliphatic heterocycles. The average Bonchev–Trinajstić information content (AvgIpc) is 3.04. The Balaban J connectivity index is 2.01. The lowest BCUT2D eigenvalue weighted by molar-refractivity contribution is -0.115. The number of nitrogens with one attached hydrogen (secondary N) is 1. The third-order valence-corrected chi connectivity index (χ3v) is 7.57. The Morgan fingerprint density at radius 2 is 1.69 bits per heavy atom. The second kappa shape index (κ2) is 7.77. The minimum absolute atomic E-state index is 0.0138. The fourth-order valence-corrected chi connectivity index (χ4v) is 5.37. The molecule has 6 heteroatoms. The van der Waals surface area contributed by atoms with Gasteiger partial charge in [-0.05, 0) is 88.9 Å². The highest BCUT2D eigenvalue weighted by molar-refractivity contribution is 8.18. The van der Waals surface area contributed by atoms with Gasteiger partial charge in [0.2, 0.25) is 0 Å². The zero-order valence-corrected chi connectivity index (χ0v) is 20.1. The van der Waals surface area contributed by atoms with Crippen LogP contribution in [-0.2, 0) is 15.6 Å². The zero-order valence-electron chi connectivity index (χ0n) is 19.3. The van der Waals surface area contributed by atoms with Crippen LogP contribution in [-0.4, -0.2) is 18.3 Å². The van der Waals surface area contributed by atoms with E-state index < -0.39 is 17.0 Å². The number of carbonyl (C=O) groups is 2. The summed E-state index contributed by atoms with van der Waals surface area (Å²) in [7, 11) is 1.55. The minimum Gasteiger partial charge on any atom is -0.496 e. The largest absolute Gasteiger partial charge is 0.496 e. The molecule has 1 N–H and O–H groups in total. The van der Waals surface area contributed by atoms with Crippen LogP contribution >= 0.6 is 11.8 Å². The third-order valence-electron chi connectivity index (χ3n) is 6.76. The summed E-state index contributed by atoms with van der Waals surface area (Å²) in [6.07, 6.45) is 3.62. The maximum absolute atomic E-state index is 15.1. The van der Waals surface area contributed by atoms with Gasteiger partial charge in [-0.25, -0.2) is 4.39 Å². The maximum Gasteiger partial charge on any atom is 0.290 e. The monoisotopic (exact) mass is 453 g/mol. The van der Waals surface area contributed by atoms with Gasteiger partial charge in [0, 0.05) is 11.1 Å². The number of halogens is 1. The average molecular weight is 454 g/mol. The molecule has 0 atom stereocenters. The standard InChI is InChI=1S/C26H28FNO3S/c1-14-11-17-18(26(4,5)10-9-25(17,2)3)12-15(14)22-16(19(27)7-8-20(22)31-6)13-21-23(29)28-24(30)32-21/h7-8,11-13H,9-10H2,1-6H3,(H,28,29,30). The van der Waals surface area contributed by atoms with E-state index in [0.717, 1.165) is 35.7 Å². The lowest BCUT2D eigenvalue weighted by Crippen LogP contribution is -2.34. The molecule has 1 saturated heterocycles. The van der Waals surface area contributed by atoms with Crippen molar-refractivity contribution in [3.05, 3.63) is 57.2 Å². The molecule has 0 saturated carbocycles. The van der Waals surface area contributed by atoms with Crippen LogP contribution in [0.15, 0.2) is 29.2 Å². The number of hydrogen-bond donors (Lipinski definition) is 1. The van der Waals surface area contributed by atoms with Gasteiger partial charge in [-0.3, -0.25) is 14.9 Å². The Hall–Kier alpha value is -2.60. The van der Waals surface area contributed by atoms with E-state index in [1.807, 2.05) is 6.92 Å². The molecule has 1 aliphatic carbocycles. The van der Waals surface area contributed by atoms with Gasteiger partial charge in [0.15, 0.2) is 0 Å². The second-order valence-electron chi connectivity index (χ2n) is 9.87. The van der Waals surface area contributed by atoms with Gasteiger partial charge in [-0.2, -0.15) is 0 Å². The number of methoxy groups -OCH3 is 1. The van der Waals surface area contributed by atoms with Crippen molar-refractivity contribution in [1.82, 2.24) is 5.32 Å². The summed E-state index contributed by atoms with van der Waals surface area (Å²) in [6, 6.07) is 7.31. The Kier molecular flexibility index (Phi) is 5.48. The second-order valence-corrected chi connectivity index (χ2v) is 10.9. The summed E-state index contributed by atoms with van der Waals surface area (Å²) in [5, 5.41) is 1.77. The Morgan fingerprint density at radius 3 is 2.25 bits per heavy atom. The van der Waals surface area contributed by atoms with Crippen LogP contribution in [0.1, 0.15) is 62.8 Å². The van der Waals surface area contributed by atoms with E-state index >= 15 is 4.39 Å². The third kappa shape index (κ3) is 3.75. The lowest BCUT2D eigenvalue weighted by atomic mass is 9.62. The fraction of sp³-hybridized carbons (Fsp3) is 0.385. The van der Waals surface area contributed by atoms with Gasteiger partial charge in [0.05, 0.1) is 12.0 Å². The molecule has 1 fully saturated rings.